The van der Waals surface area contributed by atoms with Crippen molar-refractivity contribution in [2.75, 3.05) is 11.1 Å². The predicted molar refractivity (Wildman–Crippen MR) is 89.3 cm³/mol. The van der Waals surface area contributed by atoms with Crippen LogP contribution in [0.15, 0.2) is 64.9 Å². The first kappa shape index (κ1) is 14.3. The number of nitrogens with zero attached hydrogens (tertiary/aromatic N) is 3. The van der Waals surface area contributed by atoms with E-state index in [2.05, 4.69) is 20.3 Å². The zero-order valence-corrected chi connectivity index (χ0v) is 12.8. The number of aromatic nitrogens is 3. The van der Waals surface area contributed by atoms with Crippen LogP contribution in [0.25, 0.3) is 0 Å². The van der Waals surface area contributed by atoms with Crippen molar-refractivity contribution >= 4 is 29.1 Å². The molecule has 0 atom stereocenters. The topological polar surface area (TPSA) is 76.7 Å². The minimum atomic E-state index is 0.514. The summed E-state index contributed by atoms with van der Waals surface area (Å²) in [5.74, 6) is 1.27. The van der Waals surface area contributed by atoms with E-state index >= 15 is 0 Å². The lowest BCUT2D eigenvalue weighted by Crippen LogP contribution is -2.03. The Morgan fingerprint density at radius 3 is 2.64 bits per heavy atom. The number of pyridine rings is 1. The average molecular weight is 309 g/mol. The molecular formula is C16H15N5S. The molecule has 6 heteroatoms. The summed E-state index contributed by atoms with van der Waals surface area (Å²) >= 11 is 1.51. The van der Waals surface area contributed by atoms with Gasteiger partial charge < -0.3 is 11.1 Å². The van der Waals surface area contributed by atoms with Crippen LogP contribution >= 0.6 is 11.8 Å². The Kier molecular flexibility index (Phi) is 4.20. The standard InChI is InChI=1S/C16H15N5S/c1-11-7-8-18-13(9-11)21-15-14(17)16(20-10-19-15)22-12-5-3-2-4-6-12/h2-10H,17H2,1H3,(H,18,19,20,21). The number of nitrogen functional groups attached to an aromatic ring is 1. The van der Waals surface area contributed by atoms with Crippen molar-refractivity contribution in [3.8, 4) is 0 Å². The fraction of sp³-hybridized carbons (Fsp3) is 0.0625. The highest BCUT2D eigenvalue weighted by Gasteiger charge is 2.10. The molecule has 0 amide bonds. The largest absolute Gasteiger partial charge is 0.394 e. The molecule has 0 saturated carbocycles. The van der Waals surface area contributed by atoms with Crippen LogP contribution in [-0.2, 0) is 0 Å². The second-order valence-corrected chi connectivity index (χ2v) is 5.76. The molecule has 110 valence electrons. The highest BCUT2D eigenvalue weighted by Crippen LogP contribution is 2.33. The first-order valence-corrected chi connectivity index (χ1v) is 7.57. The number of hydrogen-bond donors (Lipinski definition) is 2. The molecule has 0 radical (unpaired) electrons. The Morgan fingerprint density at radius 2 is 1.86 bits per heavy atom. The van der Waals surface area contributed by atoms with Crippen LogP contribution < -0.4 is 11.1 Å². The molecule has 3 aromatic rings. The second kappa shape index (κ2) is 6.44. The van der Waals surface area contributed by atoms with E-state index in [4.69, 9.17) is 5.73 Å². The highest BCUT2D eigenvalue weighted by molar-refractivity contribution is 7.99. The molecule has 0 aliphatic heterocycles. The maximum absolute atomic E-state index is 6.18. The number of rotatable bonds is 4. The molecule has 0 aliphatic rings. The van der Waals surface area contributed by atoms with Crippen molar-refractivity contribution in [3.05, 3.63) is 60.6 Å². The van der Waals surface area contributed by atoms with Gasteiger partial charge in [0.2, 0.25) is 0 Å². The predicted octanol–water partition coefficient (Wildman–Crippen LogP) is 3.66. The van der Waals surface area contributed by atoms with Gasteiger partial charge in [0, 0.05) is 11.1 Å². The molecule has 1 aromatic carbocycles. The summed E-state index contributed by atoms with van der Waals surface area (Å²) in [5.41, 5.74) is 7.81. The maximum Gasteiger partial charge on any atom is 0.159 e. The van der Waals surface area contributed by atoms with Gasteiger partial charge in [0.15, 0.2) is 5.82 Å². The minimum Gasteiger partial charge on any atom is -0.394 e. The van der Waals surface area contributed by atoms with E-state index in [-0.39, 0.29) is 0 Å². The summed E-state index contributed by atoms with van der Waals surface area (Å²) in [6.45, 7) is 2.01. The van der Waals surface area contributed by atoms with E-state index in [1.165, 1.54) is 18.1 Å². The molecule has 0 spiro atoms. The van der Waals surface area contributed by atoms with E-state index in [1.807, 2.05) is 49.4 Å². The van der Waals surface area contributed by atoms with Crippen molar-refractivity contribution < 1.29 is 0 Å². The number of aryl methyl sites for hydroxylation is 1. The lowest BCUT2D eigenvalue weighted by atomic mass is 10.3. The number of benzene rings is 1. The van der Waals surface area contributed by atoms with Gasteiger partial charge in [0.05, 0.1) is 0 Å². The summed E-state index contributed by atoms with van der Waals surface area (Å²) in [4.78, 5) is 13.8. The van der Waals surface area contributed by atoms with Crippen LogP contribution in [0.5, 0.6) is 0 Å². The van der Waals surface area contributed by atoms with E-state index in [1.54, 1.807) is 6.20 Å². The molecule has 5 nitrogen and oxygen atoms in total. The molecule has 3 rings (SSSR count). The molecule has 0 fully saturated rings. The van der Waals surface area contributed by atoms with Crippen LogP contribution in [-0.4, -0.2) is 15.0 Å². The van der Waals surface area contributed by atoms with Gasteiger partial charge in [-0.2, -0.15) is 0 Å². The third-order valence-corrected chi connectivity index (χ3v) is 3.99. The summed E-state index contributed by atoms with van der Waals surface area (Å²) in [7, 11) is 0. The van der Waals surface area contributed by atoms with E-state index in [0.717, 1.165) is 15.5 Å². The maximum atomic E-state index is 6.18. The molecule has 0 unspecified atom stereocenters. The van der Waals surface area contributed by atoms with Gasteiger partial charge in [-0.25, -0.2) is 15.0 Å². The molecule has 3 N–H and O–H groups in total. The smallest absolute Gasteiger partial charge is 0.159 e. The Balaban J connectivity index is 1.86. The van der Waals surface area contributed by atoms with E-state index in [9.17, 15) is 0 Å². The molecule has 22 heavy (non-hydrogen) atoms. The van der Waals surface area contributed by atoms with Crippen molar-refractivity contribution in [1.29, 1.82) is 0 Å². The van der Waals surface area contributed by atoms with Gasteiger partial charge in [-0.15, -0.1) is 0 Å². The fourth-order valence-corrected chi connectivity index (χ4v) is 2.71. The quantitative estimate of drug-likeness (QED) is 0.716. The molecular weight excluding hydrogens is 294 g/mol. The third kappa shape index (κ3) is 3.35. The van der Waals surface area contributed by atoms with E-state index in [0.29, 0.717) is 17.3 Å². The minimum absolute atomic E-state index is 0.514. The van der Waals surface area contributed by atoms with Crippen LogP contribution in [0.1, 0.15) is 5.56 Å². The number of anilines is 3. The Hall–Kier alpha value is -2.60. The van der Waals surface area contributed by atoms with Crippen molar-refractivity contribution in [2.24, 2.45) is 0 Å². The third-order valence-electron chi connectivity index (χ3n) is 2.97. The van der Waals surface area contributed by atoms with Gasteiger partial charge in [-0.3, -0.25) is 0 Å². The van der Waals surface area contributed by atoms with Gasteiger partial charge in [-0.05, 0) is 36.8 Å². The average Bonchev–Trinajstić information content (AvgIpc) is 2.52. The fourth-order valence-electron chi connectivity index (χ4n) is 1.89. The normalized spacial score (nSPS) is 10.4. The lowest BCUT2D eigenvalue weighted by molar-refractivity contribution is 1.06. The second-order valence-electron chi connectivity index (χ2n) is 4.70. The Labute approximate surface area is 133 Å². The van der Waals surface area contributed by atoms with E-state index < -0.39 is 0 Å². The Bertz CT molecular complexity index is 776. The molecule has 2 aromatic heterocycles. The van der Waals surface area contributed by atoms with Crippen LogP contribution in [0.2, 0.25) is 0 Å². The SMILES string of the molecule is Cc1ccnc(Nc2ncnc(Sc3ccccc3)c2N)c1. The zero-order chi connectivity index (χ0) is 15.4. The summed E-state index contributed by atoms with van der Waals surface area (Å²) < 4.78 is 0. The molecule has 0 saturated heterocycles. The van der Waals surface area contributed by atoms with Crippen molar-refractivity contribution in [1.82, 2.24) is 15.0 Å². The summed E-state index contributed by atoms with van der Waals surface area (Å²) in [6.07, 6.45) is 3.24. The number of hydrogen-bond acceptors (Lipinski definition) is 6. The molecule has 0 bridgehead atoms. The van der Waals surface area contributed by atoms with Gasteiger partial charge >= 0.3 is 0 Å². The molecule has 0 aliphatic carbocycles. The van der Waals surface area contributed by atoms with Gasteiger partial charge in [0.1, 0.15) is 22.9 Å². The molecule has 2 heterocycles. The van der Waals surface area contributed by atoms with Crippen LogP contribution in [0.4, 0.5) is 17.3 Å². The summed E-state index contributed by atoms with van der Waals surface area (Å²) in [6, 6.07) is 13.8. The van der Waals surface area contributed by atoms with Crippen LogP contribution in [0.3, 0.4) is 0 Å². The monoisotopic (exact) mass is 309 g/mol. The first-order valence-electron chi connectivity index (χ1n) is 6.75. The Morgan fingerprint density at radius 1 is 1.05 bits per heavy atom. The number of nitrogens with two attached hydrogens (primary N) is 1. The van der Waals surface area contributed by atoms with Crippen molar-refractivity contribution in [3.63, 3.8) is 0 Å². The van der Waals surface area contributed by atoms with Crippen molar-refractivity contribution in [2.45, 2.75) is 16.8 Å². The lowest BCUT2D eigenvalue weighted by Gasteiger charge is -2.10. The van der Waals surface area contributed by atoms with Crippen LogP contribution in [0, 0.1) is 6.92 Å². The highest BCUT2D eigenvalue weighted by atomic mass is 32.2. The first-order chi connectivity index (χ1) is 10.7. The van der Waals surface area contributed by atoms with Gasteiger partial charge in [0.25, 0.3) is 0 Å². The number of nitrogens with one attached hydrogen (secondary N) is 1. The van der Waals surface area contributed by atoms with Gasteiger partial charge in [-0.1, -0.05) is 30.0 Å². The summed E-state index contributed by atoms with van der Waals surface area (Å²) in [5, 5.41) is 3.86. The zero-order valence-electron chi connectivity index (χ0n) is 12.0.